The van der Waals surface area contributed by atoms with Crippen LogP contribution in [0.1, 0.15) is 37.2 Å². The largest absolute Gasteiger partial charge is 0.493 e. The predicted octanol–water partition coefficient (Wildman–Crippen LogP) is 4.11. The van der Waals surface area contributed by atoms with Gasteiger partial charge in [-0.05, 0) is 37.0 Å². The van der Waals surface area contributed by atoms with Gasteiger partial charge in [0.1, 0.15) is 5.82 Å². The van der Waals surface area contributed by atoms with Gasteiger partial charge in [0, 0.05) is 15.6 Å². The summed E-state index contributed by atoms with van der Waals surface area (Å²) in [6, 6.07) is 4.87. The van der Waals surface area contributed by atoms with Gasteiger partial charge in [-0.15, -0.1) is 0 Å². The highest BCUT2D eigenvalue weighted by Crippen LogP contribution is 2.36. The van der Waals surface area contributed by atoms with Crippen LogP contribution in [-0.4, -0.2) is 15.1 Å². The fraction of sp³-hybridized carbons (Fsp3) is 0.333. The molecular weight excluding hydrogens is 311 g/mol. The number of hydrogen-bond acceptors (Lipinski definition) is 3. The van der Waals surface area contributed by atoms with Crippen LogP contribution in [0.3, 0.4) is 0 Å². The summed E-state index contributed by atoms with van der Waals surface area (Å²) in [6.07, 6.45) is 3.99. The molecule has 21 heavy (non-hydrogen) atoms. The second-order valence-electron chi connectivity index (χ2n) is 5.29. The molecule has 1 heterocycles. The average Bonchev–Trinajstić information content (AvgIpc) is 2.90. The van der Waals surface area contributed by atoms with Gasteiger partial charge in [0.25, 0.3) is 5.56 Å². The van der Waals surface area contributed by atoms with Gasteiger partial charge in [-0.3, -0.25) is 4.79 Å². The highest BCUT2D eigenvalue weighted by atomic mass is 35.5. The molecule has 1 aromatic carbocycles. The van der Waals surface area contributed by atoms with Crippen LogP contribution in [0.25, 0.3) is 11.4 Å². The van der Waals surface area contributed by atoms with Crippen LogP contribution in [0.4, 0.5) is 0 Å². The Labute approximate surface area is 131 Å². The standard InChI is InChI=1S/C15H14Cl2N2O2/c16-10-5-9(6-11(17)7-10)13-18-14(20)12(15(21)19-13)8-3-1-2-4-8/h5-8H,1-4H2,(H2,18,19,20,21). The van der Waals surface area contributed by atoms with E-state index in [2.05, 4.69) is 9.97 Å². The maximum absolute atomic E-state index is 12.3. The molecule has 2 aromatic rings. The van der Waals surface area contributed by atoms with Crippen molar-refractivity contribution < 1.29 is 5.11 Å². The number of aromatic nitrogens is 2. The zero-order valence-corrected chi connectivity index (χ0v) is 12.7. The van der Waals surface area contributed by atoms with E-state index in [4.69, 9.17) is 23.2 Å². The van der Waals surface area contributed by atoms with Crippen molar-refractivity contribution in [2.24, 2.45) is 0 Å². The van der Waals surface area contributed by atoms with Crippen LogP contribution in [0.15, 0.2) is 23.0 Å². The van der Waals surface area contributed by atoms with Crippen molar-refractivity contribution in [1.82, 2.24) is 9.97 Å². The van der Waals surface area contributed by atoms with E-state index < -0.39 is 0 Å². The van der Waals surface area contributed by atoms with Crippen LogP contribution in [0.2, 0.25) is 10.0 Å². The van der Waals surface area contributed by atoms with Gasteiger partial charge in [0.2, 0.25) is 5.88 Å². The maximum Gasteiger partial charge on any atom is 0.258 e. The summed E-state index contributed by atoms with van der Waals surface area (Å²) in [5.41, 5.74) is 0.669. The molecule has 1 aromatic heterocycles. The lowest BCUT2D eigenvalue weighted by molar-refractivity contribution is 0.436. The molecule has 0 radical (unpaired) electrons. The molecule has 0 amide bonds. The van der Waals surface area contributed by atoms with Crippen LogP contribution in [0, 0.1) is 0 Å². The fourth-order valence-electron chi connectivity index (χ4n) is 2.88. The molecule has 0 atom stereocenters. The number of hydrogen-bond donors (Lipinski definition) is 2. The zero-order chi connectivity index (χ0) is 15.0. The van der Waals surface area contributed by atoms with Gasteiger partial charge >= 0.3 is 0 Å². The van der Waals surface area contributed by atoms with Gasteiger partial charge in [-0.1, -0.05) is 36.0 Å². The van der Waals surface area contributed by atoms with Crippen LogP contribution in [-0.2, 0) is 0 Å². The molecule has 2 N–H and O–H groups in total. The summed E-state index contributed by atoms with van der Waals surface area (Å²) in [4.78, 5) is 19.1. The Balaban J connectivity index is 2.07. The van der Waals surface area contributed by atoms with Crippen LogP contribution < -0.4 is 5.56 Å². The Bertz CT molecular complexity index is 717. The van der Waals surface area contributed by atoms with E-state index in [-0.39, 0.29) is 23.2 Å². The number of nitrogens with zero attached hydrogens (tertiary/aromatic N) is 1. The van der Waals surface area contributed by atoms with E-state index in [1.54, 1.807) is 18.2 Å². The lowest BCUT2D eigenvalue weighted by Crippen LogP contribution is -2.17. The molecular formula is C15H14Cl2N2O2. The summed E-state index contributed by atoms with van der Waals surface area (Å²) in [7, 11) is 0. The van der Waals surface area contributed by atoms with E-state index in [1.807, 2.05) is 0 Å². The zero-order valence-electron chi connectivity index (χ0n) is 11.2. The second-order valence-corrected chi connectivity index (χ2v) is 6.16. The third-order valence-corrected chi connectivity index (χ3v) is 4.27. The van der Waals surface area contributed by atoms with Gasteiger partial charge in [-0.25, -0.2) is 0 Å². The third kappa shape index (κ3) is 2.92. The lowest BCUT2D eigenvalue weighted by atomic mass is 10.00. The van der Waals surface area contributed by atoms with Crippen molar-refractivity contribution in [3.63, 3.8) is 0 Å². The van der Waals surface area contributed by atoms with Crippen molar-refractivity contribution >= 4 is 23.2 Å². The molecule has 1 saturated carbocycles. The monoisotopic (exact) mass is 324 g/mol. The Morgan fingerprint density at radius 2 is 1.76 bits per heavy atom. The van der Waals surface area contributed by atoms with Gasteiger partial charge in [-0.2, -0.15) is 4.98 Å². The first-order valence-corrected chi connectivity index (χ1v) is 7.60. The van der Waals surface area contributed by atoms with Crippen LogP contribution in [0.5, 0.6) is 5.88 Å². The maximum atomic E-state index is 12.3. The van der Waals surface area contributed by atoms with E-state index in [9.17, 15) is 9.90 Å². The van der Waals surface area contributed by atoms with Crippen LogP contribution >= 0.6 is 23.2 Å². The average molecular weight is 325 g/mol. The number of halogens is 2. The molecule has 0 unspecified atom stereocenters. The van der Waals surface area contributed by atoms with Crippen molar-refractivity contribution in [1.29, 1.82) is 0 Å². The number of benzene rings is 1. The summed E-state index contributed by atoms with van der Waals surface area (Å²) < 4.78 is 0. The molecule has 0 aliphatic heterocycles. The lowest BCUT2D eigenvalue weighted by Gasteiger charge is -2.11. The number of H-pyrrole nitrogens is 1. The highest BCUT2D eigenvalue weighted by molar-refractivity contribution is 6.35. The molecule has 0 bridgehead atoms. The Morgan fingerprint density at radius 1 is 1.14 bits per heavy atom. The highest BCUT2D eigenvalue weighted by Gasteiger charge is 2.24. The molecule has 1 aliphatic carbocycles. The molecule has 3 rings (SSSR count). The Hall–Kier alpha value is -1.52. The Kier molecular flexibility index (Phi) is 3.91. The minimum atomic E-state index is -0.291. The normalized spacial score (nSPS) is 15.5. The minimum Gasteiger partial charge on any atom is -0.493 e. The third-order valence-electron chi connectivity index (χ3n) is 3.83. The molecule has 110 valence electrons. The van der Waals surface area contributed by atoms with Gasteiger partial charge in [0.05, 0.1) is 5.56 Å². The quantitative estimate of drug-likeness (QED) is 0.873. The summed E-state index contributed by atoms with van der Waals surface area (Å²) in [5.74, 6) is 0.165. The van der Waals surface area contributed by atoms with E-state index >= 15 is 0 Å². The van der Waals surface area contributed by atoms with Gasteiger partial charge < -0.3 is 10.1 Å². The van der Waals surface area contributed by atoms with Crippen molar-refractivity contribution in [3.8, 4) is 17.3 Å². The first-order chi connectivity index (χ1) is 10.0. The first-order valence-electron chi connectivity index (χ1n) is 6.84. The number of aromatic hydroxyl groups is 1. The molecule has 6 heteroatoms. The number of rotatable bonds is 2. The van der Waals surface area contributed by atoms with E-state index in [0.717, 1.165) is 25.7 Å². The summed E-state index contributed by atoms with van der Waals surface area (Å²) in [5, 5.41) is 11.0. The predicted molar refractivity (Wildman–Crippen MR) is 83.2 cm³/mol. The molecule has 0 spiro atoms. The second kappa shape index (κ2) is 5.70. The topological polar surface area (TPSA) is 66.0 Å². The summed E-state index contributed by atoms with van der Waals surface area (Å²) in [6.45, 7) is 0. The summed E-state index contributed by atoms with van der Waals surface area (Å²) >= 11 is 11.9. The molecule has 1 aliphatic rings. The smallest absolute Gasteiger partial charge is 0.258 e. The fourth-order valence-corrected chi connectivity index (χ4v) is 3.41. The first kappa shape index (κ1) is 14.4. The van der Waals surface area contributed by atoms with Gasteiger partial charge in [0.15, 0.2) is 0 Å². The molecule has 0 saturated heterocycles. The minimum absolute atomic E-state index is 0.0956. The molecule has 1 fully saturated rings. The van der Waals surface area contributed by atoms with E-state index in [1.165, 1.54) is 0 Å². The molecule has 4 nitrogen and oxygen atoms in total. The van der Waals surface area contributed by atoms with Crippen molar-refractivity contribution in [3.05, 3.63) is 44.2 Å². The van der Waals surface area contributed by atoms with Crippen molar-refractivity contribution in [2.45, 2.75) is 31.6 Å². The number of nitrogens with one attached hydrogen (secondary N) is 1. The van der Waals surface area contributed by atoms with Crippen molar-refractivity contribution in [2.75, 3.05) is 0 Å². The Morgan fingerprint density at radius 3 is 2.33 bits per heavy atom. The van der Waals surface area contributed by atoms with E-state index in [0.29, 0.717) is 21.2 Å². The number of aromatic amines is 1. The SMILES string of the molecule is O=c1[nH]c(-c2cc(Cl)cc(Cl)c2)nc(O)c1C1CCCC1.